The normalized spacial score (nSPS) is 10.2. The fraction of sp³-hybridized carbons (Fsp3) is 0.167. The van der Waals surface area contributed by atoms with E-state index in [9.17, 15) is 0 Å². The molecule has 0 unspecified atom stereocenters. The van der Waals surface area contributed by atoms with Crippen molar-refractivity contribution < 1.29 is 0 Å². The van der Waals surface area contributed by atoms with Crippen LogP contribution in [0.15, 0.2) is 52.1 Å². The van der Waals surface area contributed by atoms with Crippen molar-refractivity contribution >= 4 is 33.6 Å². The van der Waals surface area contributed by atoms with E-state index in [0.29, 0.717) is 5.95 Å². The molecule has 17 heavy (non-hydrogen) atoms. The smallest absolute Gasteiger partial charge is 0.222 e. The van der Waals surface area contributed by atoms with E-state index >= 15 is 0 Å². The van der Waals surface area contributed by atoms with E-state index < -0.39 is 0 Å². The summed E-state index contributed by atoms with van der Waals surface area (Å²) in [4.78, 5) is 9.57. The minimum absolute atomic E-state index is 0.668. The Labute approximate surface area is 113 Å². The van der Waals surface area contributed by atoms with Gasteiger partial charge in [0.1, 0.15) is 0 Å². The van der Waals surface area contributed by atoms with Crippen LogP contribution in [-0.4, -0.2) is 22.3 Å². The summed E-state index contributed by atoms with van der Waals surface area (Å²) < 4.78 is 0.890. The predicted octanol–water partition coefficient (Wildman–Crippen LogP) is 3.44. The molecule has 1 N–H and O–H groups in total. The molecule has 0 spiro atoms. The Balaban J connectivity index is 1.71. The third-order valence-corrected chi connectivity index (χ3v) is 3.44. The van der Waals surface area contributed by atoms with Crippen LogP contribution in [0.4, 0.5) is 5.95 Å². The first-order valence-corrected chi connectivity index (χ1v) is 7.02. The van der Waals surface area contributed by atoms with E-state index in [-0.39, 0.29) is 0 Å². The van der Waals surface area contributed by atoms with Crippen LogP contribution in [0, 0.1) is 0 Å². The monoisotopic (exact) mass is 309 g/mol. The first-order valence-electron chi connectivity index (χ1n) is 5.24. The van der Waals surface area contributed by atoms with Gasteiger partial charge in [-0.3, -0.25) is 0 Å². The van der Waals surface area contributed by atoms with Gasteiger partial charge in [0.15, 0.2) is 0 Å². The molecule has 1 aromatic carbocycles. The number of halogens is 1. The van der Waals surface area contributed by atoms with Crippen LogP contribution in [0.1, 0.15) is 0 Å². The molecule has 2 rings (SSSR count). The summed E-state index contributed by atoms with van der Waals surface area (Å²) in [5.74, 6) is 1.66. The molecule has 0 aliphatic carbocycles. The minimum atomic E-state index is 0.668. The molecule has 0 bridgehead atoms. The molecular weight excluding hydrogens is 298 g/mol. The highest BCUT2D eigenvalue weighted by atomic mass is 79.9. The number of aromatic nitrogens is 2. The maximum absolute atomic E-state index is 4.14. The van der Waals surface area contributed by atoms with Gasteiger partial charge in [0.05, 0.1) is 4.47 Å². The Morgan fingerprint density at radius 2 is 1.82 bits per heavy atom. The van der Waals surface area contributed by atoms with Crippen molar-refractivity contribution in [1.82, 2.24) is 9.97 Å². The summed E-state index contributed by atoms with van der Waals surface area (Å²) in [5, 5.41) is 3.18. The molecule has 0 saturated heterocycles. The summed E-state index contributed by atoms with van der Waals surface area (Å²) in [6.45, 7) is 0.848. The van der Waals surface area contributed by atoms with Gasteiger partial charge in [0, 0.05) is 29.6 Å². The number of hydrogen-bond donors (Lipinski definition) is 1. The molecule has 0 saturated carbocycles. The van der Waals surface area contributed by atoms with E-state index in [4.69, 9.17) is 0 Å². The van der Waals surface area contributed by atoms with Crippen LogP contribution in [0.5, 0.6) is 0 Å². The second-order valence-electron chi connectivity index (χ2n) is 3.31. The van der Waals surface area contributed by atoms with Crippen LogP contribution in [-0.2, 0) is 0 Å². The average molecular weight is 310 g/mol. The molecule has 5 heteroatoms. The molecule has 0 radical (unpaired) electrons. The lowest BCUT2D eigenvalue weighted by Crippen LogP contribution is -2.06. The van der Waals surface area contributed by atoms with Crippen LogP contribution >= 0.6 is 27.7 Å². The number of rotatable bonds is 5. The Kier molecular flexibility index (Phi) is 4.82. The Morgan fingerprint density at radius 1 is 1.12 bits per heavy atom. The predicted molar refractivity (Wildman–Crippen MR) is 75.4 cm³/mol. The fourth-order valence-electron chi connectivity index (χ4n) is 1.25. The van der Waals surface area contributed by atoms with Gasteiger partial charge in [0.25, 0.3) is 0 Å². The number of nitrogens with one attached hydrogen (secondary N) is 1. The van der Waals surface area contributed by atoms with Crippen molar-refractivity contribution in [2.75, 3.05) is 17.6 Å². The number of anilines is 1. The minimum Gasteiger partial charge on any atom is -0.353 e. The van der Waals surface area contributed by atoms with Gasteiger partial charge in [-0.2, -0.15) is 0 Å². The second kappa shape index (κ2) is 6.61. The first kappa shape index (κ1) is 12.4. The summed E-state index contributed by atoms with van der Waals surface area (Å²) in [5.41, 5.74) is 0. The topological polar surface area (TPSA) is 37.8 Å². The summed E-state index contributed by atoms with van der Waals surface area (Å²) in [7, 11) is 0. The average Bonchev–Trinajstić information content (AvgIpc) is 2.38. The highest BCUT2D eigenvalue weighted by molar-refractivity contribution is 9.10. The molecule has 2 aromatic rings. The van der Waals surface area contributed by atoms with Crippen molar-refractivity contribution in [3.63, 3.8) is 0 Å². The van der Waals surface area contributed by atoms with E-state index in [1.165, 1.54) is 4.90 Å². The standard InChI is InChI=1S/C12H12BrN3S/c13-10-8-15-12(16-9-10)14-6-7-17-11-4-2-1-3-5-11/h1-5,8-9H,6-7H2,(H,14,15,16). The van der Waals surface area contributed by atoms with Crippen molar-refractivity contribution in [2.24, 2.45) is 0 Å². The zero-order valence-corrected chi connectivity index (χ0v) is 11.5. The highest BCUT2D eigenvalue weighted by Gasteiger charge is 1.96. The van der Waals surface area contributed by atoms with Crippen LogP contribution in [0.2, 0.25) is 0 Å². The molecular formula is C12H12BrN3S. The largest absolute Gasteiger partial charge is 0.353 e. The molecule has 0 aliphatic rings. The third kappa shape index (κ3) is 4.36. The Bertz CT molecular complexity index is 447. The van der Waals surface area contributed by atoms with Crippen molar-refractivity contribution in [3.05, 3.63) is 47.2 Å². The van der Waals surface area contributed by atoms with Gasteiger partial charge < -0.3 is 5.32 Å². The molecule has 0 amide bonds. The molecule has 88 valence electrons. The van der Waals surface area contributed by atoms with Crippen LogP contribution < -0.4 is 5.32 Å². The summed E-state index contributed by atoms with van der Waals surface area (Å²) in [6.07, 6.45) is 3.47. The zero-order valence-electron chi connectivity index (χ0n) is 9.14. The van der Waals surface area contributed by atoms with Gasteiger partial charge in [-0.25, -0.2) is 9.97 Å². The van der Waals surface area contributed by atoms with Gasteiger partial charge >= 0.3 is 0 Å². The van der Waals surface area contributed by atoms with Crippen molar-refractivity contribution in [1.29, 1.82) is 0 Å². The quantitative estimate of drug-likeness (QED) is 0.678. The zero-order chi connectivity index (χ0) is 11.9. The molecule has 0 fully saturated rings. The maximum atomic E-state index is 4.14. The maximum Gasteiger partial charge on any atom is 0.222 e. The lowest BCUT2D eigenvalue weighted by atomic mass is 10.4. The van der Waals surface area contributed by atoms with Crippen LogP contribution in [0.25, 0.3) is 0 Å². The lowest BCUT2D eigenvalue weighted by molar-refractivity contribution is 1.08. The number of thioether (sulfide) groups is 1. The first-order chi connectivity index (χ1) is 8.34. The third-order valence-electron chi connectivity index (χ3n) is 2.02. The second-order valence-corrected chi connectivity index (χ2v) is 5.40. The van der Waals surface area contributed by atoms with Crippen LogP contribution in [0.3, 0.4) is 0 Å². The van der Waals surface area contributed by atoms with E-state index in [1.54, 1.807) is 12.4 Å². The molecule has 0 aliphatic heterocycles. The highest BCUT2D eigenvalue weighted by Crippen LogP contribution is 2.16. The summed E-state index contributed by atoms with van der Waals surface area (Å²) in [6, 6.07) is 10.3. The van der Waals surface area contributed by atoms with Gasteiger partial charge in [-0.15, -0.1) is 11.8 Å². The van der Waals surface area contributed by atoms with Gasteiger partial charge in [-0.1, -0.05) is 18.2 Å². The SMILES string of the molecule is Brc1cnc(NCCSc2ccccc2)nc1. The number of nitrogens with zero attached hydrogens (tertiary/aromatic N) is 2. The summed E-state index contributed by atoms with van der Waals surface area (Å²) >= 11 is 5.12. The molecule has 1 aromatic heterocycles. The molecule has 3 nitrogen and oxygen atoms in total. The van der Waals surface area contributed by atoms with Gasteiger partial charge in [0.2, 0.25) is 5.95 Å². The lowest BCUT2D eigenvalue weighted by Gasteiger charge is -2.04. The van der Waals surface area contributed by atoms with E-state index in [0.717, 1.165) is 16.8 Å². The Morgan fingerprint density at radius 3 is 2.53 bits per heavy atom. The number of hydrogen-bond acceptors (Lipinski definition) is 4. The number of benzene rings is 1. The van der Waals surface area contributed by atoms with Gasteiger partial charge in [-0.05, 0) is 28.1 Å². The van der Waals surface area contributed by atoms with E-state index in [1.807, 2.05) is 30.0 Å². The molecule has 1 heterocycles. The van der Waals surface area contributed by atoms with E-state index in [2.05, 4.69) is 43.3 Å². The van der Waals surface area contributed by atoms with Crippen molar-refractivity contribution in [2.45, 2.75) is 4.90 Å². The molecule has 0 atom stereocenters. The van der Waals surface area contributed by atoms with Crippen molar-refractivity contribution in [3.8, 4) is 0 Å². The fourth-order valence-corrected chi connectivity index (χ4v) is 2.25. The Hall–Kier alpha value is -1.07.